The maximum atomic E-state index is 5.67. The molecule has 0 saturated heterocycles. The number of thiophene rings is 1. The van der Waals surface area contributed by atoms with E-state index in [0.717, 1.165) is 5.82 Å². The lowest BCUT2D eigenvalue weighted by Gasteiger charge is -1.90. The molecule has 6 heteroatoms. The second-order valence-corrected chi connectivity index (χ2v) is 5.61. The third-order valence-corrected chi connectivity index (χ3v) is 3.85. The monoisotopic (exact) mass is 283 g/mol. The largest absolute Gasteiger partial charge is 0.259 e. The molecule has 0 aromatic carbocycles. The minimum Gasteiger partial charge on any atom is -0.259 e. The number of hydrogen-bond donors (Lipinski definition) is 1. The first-order chi connectivity index (χ1) is 8.24. The highest BCUT2D eigenvalue weighted by Gasteiger charge is 2.01. The van der Waals surface area contributed by atoms with Crippen LogP contribution in [-0.4, -0.2) is 20.9 Å². The molecule has 0 fully saturated rings. The molecule has 0 aliphatic heterocycles. The highest BCUT2D eigenvalue weighted by Crippen LogP contribution is 2.18. The summed E-state index contributed by atoms with van der Waals surface area (Å²) < 4.78 is 0. The summed E-state index contributed by atoms with van der Waals surface area (Å²) in [4.78, 5) is 5.48. The average Bonchev–Trinajstić information content (AvgIpc) is 2.95. The smallest absolute Gasteiger partial charge is 0.209 e. The quantitative estimate of drug-likeness (QED) is 0.847. The molecule has 0 radical (unpaired) electrons. The van der Waals surface area contributed by atoms with Crippen LogP contribution in [0.4, 0.5) is 0 Å². The number of aromatic amines is 1. The summed E-state index contributed by atoms with van der Waals surface area (Å²) in [5, 5.41) is 10.2. The van der Waals surface area contributed by atoms with Crippen molar-refractivity contribution in [2.45, 2.75) is 5.16 Å². The van der Waals surface area contributed by atoms with Gasteiger partial charge < -0.3 is 0 Å². The molecular formula is C11H10ClN3S2. The Morgan fingerprint density at radius 3 is 3.18 bits per heavy atom. The minimum atomic E-state index is 0.593. The molecule has 0 aliphatic rings. The average molecular weight is 284 g/mol. The molecule has 88 valence electrons. The van der Waals surface area contributed by atoms with Crippen LogP contribution < -0.4 is 0 Å². The van der Waals surface area contributed by atoms with Crippen molar-refractivity contribution >= 4 is 46.9 Å². The van der Waals surface area contributed by atoms with Gasteiger partial charge in [0.1, 0.15) is 5.82 Å². The first-order valence-corrected chi connectivity index (χ1v) is 7.08. The molecule has 0 atom stereocenters. The normalized spacial score (nSPS) is 11.1. The Bertz CT molecular complexity index is 517. The van der Waals surface area contributed by atoms with Gasteiger partial charge in [-0.15, -0.1) is 16.4 Å². The Hall–Kier alpha value is -1.04. The third kappa shape index (κ3) is 4.03. The van der Waals surface area contributed by atoms with Gasteiger partial charge in [0.25, 0.3) is 0 Å². The van der Waals surface area contributed by atoms with Gasteiger partial charge in [-0.2, -0.15) is 0 Å². The van der Waals surface area contributed by atoms with Gasteiger partial charge in [-0.25, -0.2) is 4.98 Å². The number of thioether (sulfide) groups is 1. The van der Waals surface area contributed by atoms with Crippen molar-refractivity contribution in [1.82, 2.24) is 15.2 Å². The first kappa shape index (κ1) is 12.4. The van der Waals surface area contributed by atoms with Crippen molar-refractivity contribution < 1.29 is 0 Å². The summed E-state index contributed by atoms with van der Waals surface area (Å²) in [7, 11) is 0. The van der Waals surface area contributed by atoms with E-state index >= 15 is 0 Å². The van der Waals surface area contributed by atoms with Crippen LogP contribution in [0.25, 0.3) is 12.2 Å². The van der Waals surface area contributed by atoms with Crippen LogP contribution in [0.2, 0.25) is 0 Å². The fourth-order valence-electron chi connectivity index (χ4n) is 1.09. The Kier molecular flexibility index (Phi) is 4.42. The summed E-state index contributed by atoms with van der Waals surface area (Å²) >= 11 is 8.81. The number of halogens is 1. The van der Waals surface area contributed by atoms with Gasteiger partial charge in [0.2, 0.25) is 5.16 Å². The van der Waals surface area contributed by atoms with E-state index < -0.39 is 0 Å². The van der Waals surface area contributed by atoms with Gasteiger partial charge in [-0.3, -0.25) is 5.10 Å². The molecule has 1 N–H and O–H groups in total. The van der Waals surface area contributed by atoms with E-state index in [1.165, 1.54) is 16.6 Å². The SMILES string of the molecule is C=C(Cl)CSc1n[nH]c(C=Cc2cccs2)n1. The van der Waals surface area contributed by atoms with Crippen molar-refractivity contribution in [2.75, 3.05) is 5.75 Å². The van der Waals surface area contributed by atoms with Crippen molar-refractivity contribution in [3.05, 3.63) is 39.8 Å². The zero-order chi connectivity index (χ0) is 12.1. The highest BCUT2D eigenvalue weighted by atomic mass is 35.5. The van der Waals surface area contributed by atoms with E-state index in [-0.39, 0.29) is 0 Å². The Morgan fingerprint density at radius 2 is 2.47 bits per heavy atom. The van der Waals surface area contributed by atoms with Gasteiger partial charge in [-0.1, -0.05) is 36.0 Å². The van der Waals surface area contributed by atoms with Crippen molar-refractivity contribution in [2.24, 2.45) is 0 Å². The molecule has 3 nitrogen and oxygen atoms in total. The van der Waals surface area contributed by atoms with E-state index in [1.54, 1.807) is 11.3 Å². The van der Waals surface area contributed by atoms with Crippen LogP contribution in [0.15, 0.2) is 34.3 Å². The van der Waals surface area contributed by atoms with Crippen molar-refractivity contribution in [1.29, 1.82) is 0 Å². The molecule has 17 heavy (non-hydrogen) atoms. The Balaban J connectivity index is 1.96. The Morgan fingerprint density at radius 1 is 1.59 bits per heavy atom. The molecule has 2 rings (SSSR count). The van der Waals surface area contributed by atoms with E-state index in [0.29, 0.717) is 15.9 Å². The summed E-state index contributed by atoms with van der Waals surface area (Å²) in [6.45, 7) is 3.61. The Labute approximate surface area is 113 Å². The summed E-state index contributed by atoms with van der Waals surface area (Å²) in [6.07, 6.45) is 3.90. The van der Waals surface area contributed by atoms with Crippen LogP contribution >= 0.6 is 34.7 Å². The number of rotatable bonds is 5. The molecule has 2 aromatic rings. The fourth-order valence-corrected chi connectivity index (χ4v) is 2.43. The molecule has 2 heterocycles. The maximum absolute atomic E-state index is 5.67. The number of nitrogens with one attached hydrogen (secondary N) is 1. The molecule has 0 saturated carbocycles. The van der Waals surface area contributed by atoms with Gasteiger partial charge in [-0.05, 0) is 23.6 Å². The van der Waals surface area contributed by atoms with E-state index in [1.807, 2.05) is 29.7 Å². The number of nitrogens with zero attached hydrogens (tertiary/aromatic N) is 2. The van der Waals surface area contributed by atoms with E-state index in [9.17, 15) is 0 Å². The molecule has 0 bridgehead atoms. The number of H-pyrrole nitrogens is 1. The lowest BCUT2D eigenvalue weighted by molar-refractivity contribution is 0.974. The van der Waals surface area contributed by atoms with Gasteiger partial charge in [0.05, 0.1) is 0 Å². The van der Waals surface area contributed by atoms with Crippen LogP contribution in [0.1, 0.15) is 10.7 Å². The van der Waals surface area contributed by atoms with Crippen LogP contribution in [0.3, 0.4) is 0 Å². The lowest BCUT2D eigenvalue weighted by atomic mass is 10.4. The molecule has 0 spiro atoms. The van der Waals surface area contributed by atoms with Gasteiger partial charge >= 0.3 is 0 Å². The number of aromatic nitrogens is 3. The molecule has 0 unspecified atom stereocenters. The lowest BCUT2D eigenvalue weighted by Crippen LogP contribution is -1.79. The molecular weight excluding hydrogens is 274 g/mol. The minimum absolute atomic E-state index is 0.593. The number of hydrogen-bond acceptors (Lipinski definition) is 4. The third-order valence-electron chi connectivity index (χ3n) is 1.79. The van der Waals surface area contributed by atoms with Crippen molar-refractivity contribution in [3.8, 4) is 0 Å². The zero-order valence-electron chi connectivity index (χ0n) is 8.89. The first-order valence-electron chi connectivity index (χ1n) is 4.84. The topological polar surface area (TPSA) is 41.6 Å². The summed E-state index contributed by atoms with van der Waals surface area (Å²) in [5.41, 5.74) is 0. The summed E-state index contributed by atoms with van der Waals surface area (Å²) in [6, 6.07) is 4.06. The van der Waals surface area contributed by atoms with Gasteiger partial charge in [0, 0.05) is 15.7 Å². The molecule has 0 aliphatic carbocycles. The fraction of sp³-hybridized carbons (Fsp3) is 0.0909. The molecule has 2 aromatic heterocycles. The van der Waals surface area contributed by atoms with Crippen molar-refractivity contribution in [3.63, 3.8) is 0 Å². The predicted octanol–water partition coefficient (Wildman–Crippen LogP) is 3.88. The second-order valence-electron chi connectivity index (χ2n) is 3.16. The van der Waals surface area contributed by atoms with E-state index in [2.05, 4.69) is 21.8 Å². The maximum Gasteiger partial charge on any atom is 0.209 e. The predicted molar refractivity (Wildman–Crippen MR) is 75.3 cm³/mol. The van der Waals surface area contributed by atoms with Gasteiger partial charge in [0.15, 0.2) is 0 Å². The van der Waals surface area contributed by atoms with Crippen LogP contribution in [-0.2, 0) is 0 Å². The highest BCUT2D eigenvalue weighted by molar-refractivity contribution is 7.99. The standard InChI is InChI=1S/C11H10ClN3S2/c1-8(12)7-17-11-13-10(14-15-11)5-4-9-3-2-6-16-9/h2-6H,1,7H2,(H,13,14,15). The summed E-state index contributed by atoms with van der Waals surface area (Å²) in [5.74, 6) is 1.36. The van der Waals surface area contributed by atoms with E-state index in [4.69, 9.17) is 11.6 Å². The van der Waals surface area contributed by atoms with Crippen LogP contribution in [0.5, 0.6) is 0 Å². The second kappa shape index (κ2) is 6.05. The zero-order valence-corrected chi connectivity index (χ0v) is 11.3. The molecule has 0 amide bonds. The van der Waals surface area contributed by atoms with Crippen LogP contribution in [0, 0.1) is 0 Å².